The van der Waals surface area contributed by atoms with E-state index in [0.717, 1.165) is 23.4 Å². The van der Waals surface area contributed by atoms with Crippen LogP contribution in [0.5, 0.6) is 0 Å². The van der Waals surface area contributed by atoms with Crippen LogP contribution in [0.4, 0.5) is 0 Å². The third-order valence-corrected chi connectivity index (χ3v) is 2.99. The van der Waals surface area contributed by atoms with Crippen LogP contribution in [0.2, 0.25) is 0 Å². The molecule has 2 aromatic rings. The Kier molecular flexibility index (Phi) is 2.65. The summed E-state index contributed by atoms with van der Waals surface area (Å²) in [6, 6.07) is 0. The molecule has 0 radical (unpaired) electrons. The van der Waals surface area contributed by atoms with Crippen LogP contribution in [0.1, 0.15) is 19.2 Å². The zero-order valence-electron chi connectivity index (χ0n) is 10.5. The minimum atomic E-state index is -0.344. The summed E-state index contributed by atoms with van der Waals surface area (Å²) in [4.78, 5) is 28.2. The molecular formula is C11H16N4O2. The van der Waals surface area contributed by atoms with Crippen molar-refractivity contribution in [2.24, 2.45) is 14.1 Å². The molecule has 0 aliphatic carbocycles. The molecule has 0 bridgehead atoms. The lowest BCUT2D eigenvalue weighted by Gasteiger charge is -2.06. The highest BCUT2D eigenvalue weighted by atomic mass is 16.2. The Morgan fingerprint density at radius 3 is 2.41 bits per heavy atom. The van der Waals surface area contributed by atoms with Gasteiger partial charge in [-0.25, -0.2) is 9.78 Å². The fourth-order valence-electron chi connectivity index (χ4n) is 2.05. The molecule has 0 aliphatic heterocycles. The van der Waals surface area contributed by atoms with Crippen molar-refractivity contribution in [3.8, 4) is 0 Å². The van der Waals surface area contributed by atoms with E-state index in [1.54, 1.807) is 7.05 Å². The predicted molar refractivity (Wildman–Crippen MR) is 65.2 cm³/mol. The SMILES string of the molecule is CCCn1c(C)nc2c1c(=O)n(C)c(=O)n2C. The first-order valence-corrected chi connectivity index (χ1v) is 5.61. The van der Waals surface area contributed by atoms with Gasteiger partial charge in [0.2, 0.25) is 0 Å². The minimum absolute atomic E-state index is 0.280. The first kappa shape index (κ1) is 11.6. The average molecular weight is 236 g/mol. The van der Waals surface area contributed by atoms with E-state index in [9.17, 15) is 9.59 Å². The molecule has 92 valence electrons. The van der Waals surface area contributed by atoms with Crippen LogP contribution in [-0.2, 0) is 20.6 Å². The van der Waals surface area contributed by atoms with E-state index < -0.39 is 0 Å². The molecule has 0 aromatic carbocycles. The molecule has 6 heteroatoms. The summed E-state index contributed by atoms with van der Waals surface area (Å²) in [7, 11) is 3.12. The van der Waals surface area contributed by atoms with Crippen molar-refractivity contribution < 1.29 is 0 Å². The van der Waals surface area contributed by atoms with Crippen LogP contribution in [-0.4, -0.2) is 18.7 Å². The molecule has 17 heavy (non-hydrogen) atoms. The third-order valence-electron chi connectivity index (χ3n) is 2.99. The lowest BCUT2D eigenvalue weighted by atomic mass is 10.4. The summed E-state index contributed by atoms with van der Waals surface area (Å²) in [6.07, 6.45) is 0.915. The molecule has 2 heterocycles. The van der Waals surface area contributed by atoms with Crippen LogP contribution in [0.3, 0.4) is 0 Å². The maximum Gasteiger partial charge on any atom is 0.332 e. The first-order chi connectivity index (χ1) is 7.99. The number of imidazole rings is 1. The van der Waals surface area contributed by atoms with Gasteiger partial charge >= 0.3 is 5.69 Å². The van der Waals surface area contributed by atoms with E-state index in [1.807, 2.05) is 18.4 Å². The van der Waals surface area contributed by atoms with Gasteiger partial charge in [0.25, 0.3) is 5.56 Å². The topological polar surface area (TPSA) is 61.8 Å². The van der Waals surface area contributed by atoms with Crippen molar-refractivity contribution >= 4 is 11.2 Å². The Bertz CT molecular complexity index is 690. The largest absolute Gasteiger partial charge is 0.332 e. The molecule has 6 nitrogen and oxygen atoms in total. The van der Waals surface area contributed by atoms with Gasteiger partial charge in [0.1, 0.15) is 5.82 Å². The molecule has 0 unspecified atom stereocenters. The second-order valence-electron chi connectivity index (χ2n) is 4.19. The van der Waals surface area contributed by atoms with E-state index in [0.29, 0.717) is 11.2 Å². The maximum absolute atomic E-state index is 12.1. The van der Waals surface area contributed by atoms with Crippen molar-refractivity contribution in [3.63, 3.8) is 0 Å². The number of aryl methyl sites for hydroxylation is 3. The summed E-state index contributed by atoms with van der Waals surface area (Å²) in [6.45, 7) is 4.62. The van der Waals surface area contributed by atoms with Gasteiger partial charge < -0.3 is 4.57 Å². The summed E-state index contributed by atoms with van der Waals surface area (Å²) in [5, 5.41) is 0. The van der Waals surface area contributed by atoms with E-state index in [4.69, 9.17) is 0 Å². The minimum Gasteiger partial charge on any atom is -0.322 e. The van der Waals surface area contributed by atoms with Crippen LogP contribution in [0.25, 0.3) is 11.2 Å². The molecular weight excluding hydrogens is 220 g/mol. The van der Waals surface area contributed by atoms with E-state index in [-0.39, 0.29) is 11.2 Å². The van der Waals surface area contributed by atoms with Crippen molar-refractivity contribution in [3.05, 3.63) is 26.7 Å². The van der Waals surface area contributed by atoms with Gasteiger partial charge in [-0.1, -0.05) is 6.92 Å². The number of fused-ring (bicyclic) bond motifs is 1. The average Bonchev–Trinajstić information content (AvgIpc) is 2.62. The molecule has 2 aromatic heterocycles. The summed E-state index contributed by atoms with van der Waals surface area (Å²) >= 11 is 0. The van der Waals surface area contributed by atoms with Crippen LogP contribution >= 0.6 is 0 Å². The quantitative estimate of drug-likeness (QED) is 0.745. The molecule has 2 rings (SSSR count). The van der Waals surface area contributed by atoms with Gasteiger partial charge in [-0.3, -0.25) is 13.9 Å². The fourth-order valence-corrected chi connectivity index (χ4v) is 2.05. The third kappa shape index (κ3) is 1.51. The molecule has 0 atom stereocenters. The standard InChI is InChI=1S/C11H16N4O2/c1-5-6-15-7(2)12-9-8(15)10(16)14(4)11(17)13(9)3/h5-6H2,1-4H3. The second-order valence-corrected chi connectivity index (χ2v) is 4.19. The summed E-state index contributed by atoms with van der Waals surface area (Å²) < 4.78 is 4.41. The Morgan fingerprint density at radius 2 is 1.82 bits per heavy atom. The monoisotopic (exact) mass is 236 g/mol. The number of rotatable bonds is 2. The second kappa shape index (κ2) is 3.87. The van der Waals surface area contributed by atoms with Gasteiger partial charge in [-0.15, -0.1) is 0 Å². The van der Waals surface area contributed by atoms with Crippen molar-refractivity contribution in [2.45, 2.75) is 26.8 Å². The molecule has 0 spiro atoms. The van der Waals surface area contributed by atoms with E-state index in [1.165, 1.54) is 11.6 Å². The fraction of sp³-hybridized carbons (Fsp3) is 0.545. The molecule has 0 N–H and O–H groups in total. The number of hydrogen-bond acceptors (Lipinski definition) is 3. The predicted octanol–water partition coefficient (Wildman–Crippen LogP) is 0.152. The summed E-state index contributed by atoms with van der Waals surface area (Å²) in [5.41, 5.74) is 0.346. The van der Waals surface area contributed by atoms with Gasteiger partial charge in [0.15, 0.2) is 11.2 Å². The summed E-state index contributed by atoms with van der Waals surface area (Å²) in [5.74, 6) is 0.764. The van der Waals surface area contributed by atoms with E-state index >= 15 is 0 Å². The molecule has 0 amide bonds. The zero-order chi connectivity index (χ0) is 12.7. The smallest absolute Gasteiger partial charge is 0.322 e. The number of aromatic nitrogens is 4. The molecule has 0 fully saturated rings. The molecule has 0 aliphatic rings. The molecule has 0 saturated carbocycles. The van der Waals surface area contributed by atoms with Crippen molar-refractivity contribution in [1.82, 2.24) is 18.7 Å². The highest BCUT2D eigenvalue weighted by molar-refractivity contribution is 5.70. The van der Waals surface area contributed by atoms with Crippen molar-refractivity contribution in [2.75, 3.05) is 0 Å². The maximum atomic E-state index is 12.1. The van der Waals surface area contributed by atoms with Gasteiger partial charge in [-0.05, 0) is 13.3 Å². The highest BCUT2D eigenvalue weighted by Crippen LogP contribution is 2.10. The Labute approximate surface area is 98.1 Å². The Balaban J connectivity index is 3.02. The number of hydrogen-bond donors (Lipinski definition) is 0. The van der Waals surface area contributed by atoms with E-state index in [2.05, 4.69) is 4.98 Å². The van der Waals surface area contributed by atoms with Crippen molar-refractivity contribution in [1.29, 1.82) is 0 Å². The molecule has 0 saturated heterocycles. The zero-order valence-corrected chi connectivity index (χ0v) is 10.5. The van der Waals surface area contributed by atoms with Crippen LogP contribution in [0, 0.1) is 6.92 Å². The first-order valence-electron chi connectivity index (χ1n) is 5.61. The lowest BCUT2D eigenvalue weighted by Crippen LogP contribution is -2.37. The van der Waals surface area contributed by atoms with Crippen LogP contribution < -0.4 is 11.2 Å². The lowest BCUT2D eigenvalue weighted by molar-refractivity contribution is 0.663. The Morgan fingerprint density at radius 1 is 1.18 bits per heavy atom. The number of nitrogens with zero attached hydrogens (tertiary/aromatic N) is 4. The normalized spacial score (nSPS) is 11.3. The highest BCUT2D eigenvalue weighted by Gasteiger charge is 2.16. The van der Waals surface area contributed by atoms with Gasteiger partial charge in [-0.2, -0.15) is 0 Å². The van der Waals surface area contributed by atoms with Crippen LogP contribution in [0.15, 0.2) is 9.59 Å². The van der Waals surface area contributed by atoms with Gasteiger partial charge in [0.05, 0.1) is 0 Å². The Hall–Kier alpha value is -1.85. The van der Waals surface area contributed by atoms with Gasteiger partial charge in [0, 0.05) is 20.6 Å².